The van der Waals surface area contributed by atoms with Gasteiger partial charge in [0.15, 0.2) is 11.5 Å². The number of carbonyl (C=O) groups is 2. The molecule has 32 heavy (non-hydrogen) atoms. The fourth-order valence-corrected chi connectivity index (χ4v) is 5.95. The van der Waals surface area contributed by atoms with Crippen molar-refractivity contribution in [3.8, 4) is 11.5 Å². The Morgan fingerprint density at radius 1 is 1.28 bits per heavy atom. The zero-order valence-electron chi connectivity index (χ0n) is 19.3. The lowest BCUT2D eigenvalue weighted by Crippen LogP contribution is -2.40. The molecule has 0 amide bonds. The molecule has 0 saturated heterocycles. The average molecular weight is 441 g/mol. The molecule has 1 aromatic carbocycles. The first-order valence-corrected chi connectivity index (χ1v) is 11.3. The van der Waals surface area contributed by atoms with Gasteiger partial charge in [-0.15, -0.1) is 0 Å². The Balaban J connectivity index is 1.76. The predicted molar refractivity (Wildman–Crippen MR) is 120 cm³/mol. The molecule has 1 fully saturated rings. The maximum absolute atomic E-state index is 12.9. The lowest BCUT2D eigenvalue weighted by molar-refractivity contribution is 0.0685. The van der Waals surface area contributed by atoms with Crippen LogP contribution in [-0.2, 0) is 10.2 Å². The molecule has 0 aromatic heterocycles. The van der Waals surface area contributed by atoms with Crippen molar-refractivity contribution in [2.45, 2.75) is 64.4 Å². The normalized spacial score (nSPS) is 28.7. The van der Waals surface area contributed by atoms with E-state index in [1.54, 1.807) is 0 Å². The van der Waals surface area contributed by atoms with Gasteiger partial charge in [-0.3, -0.25) is 9.59 Å². The van der Waals surface area contributed by atoms with Crippen LogP contribution in [0.25, 0.3) is 0 Å². The summed E-state index contributed by atoms with van der Waals surface area (Å²) in [4.78, 5) is 25.6. The van der Waals surface area contributed by atoms with Crippen molar-refractivity contribution in [1.29, 1.82) is 0 Å². The van der Waals surface area contributed by atoms with Gasteiger partial charge in [-0.1, -0.05) is 32.9 Å². The van der Waals surface area contributed by atoms with Crippen LogP contribution < -0.4 is 4.74 Å². The second-order valence-corrected chi connectivity index (χ2v) is 10.2. The second kappa shape index (κ2) is 7.77. The number of carbonyl (C=O) groups excluding carboxylic acids is 2. The van der Waals surface area contributed by atoms with Gasteiger partial charge in [0.1, 0.15) is 17.6 Å². The van der Waals surface area contributed by atoms with Gasteiger partial charge in [-0.2, -0.15) is 0 Å². The zero-order valence-corrected chi connectivity index (χ0v) is 19.3. The van der Waals surface area contributed by atoms with Crippen molar-refractivity contribution in [2.24, 2.45) is 11.3 Å². The van der Waals surface area contributed by atoms with E-state index in [0.29, 0.717) is 17.9 Å². The van der Waals surface area contributed by atoms with Crippen LogP contribution in [-0.4, -0.2) is 41.6 Å². The summed E-state index contributed by atoms with van der Waals surface area (Å²) in [5.74, 6) is -0.523. The number of ether oxygens (including phenoxy) is 2. The summed E-state index contributed by atoms with van der Waals surface area (Å²) in [6.45, 7) is 10.5. The van der Waals surface area contributed by atoms with E-state index in [2.05, 4.69) is 20.4 Å². The third-order valence-corrected chi connectivity index (χ3v) is 7.87. The maximum Gasteiger partial charge on any atom is 0.228 e. The first-order valence-electron chi connectivity index (χ1n) is 11.3. The molecule has 6 nitrogen and oxygen atoms in total. The van der Waals surface area contributed by atoms with Crippen LogP contribution in [0.1, 0.15) is 79.2 Å². The molecule has 172 valence electrons. The highest BCUT2D eigenvalue weighted by molar-refractivity contribution is 6.25. The summed E-state index contributed by atoms with van der Waals surface area (Å²) in [5.41, 5.74) is 1.35. The lowest BCUT2D eigenvalue weighted by atomic mass is 9.63. The number of aliphatic hydroxyl groups excluding tert-OH is 1. The minimum absolute atomic E-state index is 0.0633. The summed E-state index contributed by atoms with van der Waals surface area (Å²) in [6, 6.07) is 1.34. The fourth-order valence-electron chi connectivity index (χ4n) is 5.95. The number of benzene rings is 1. The maximum atomic E-state index is 12.9. The van der Waals surface area contributed by atoms with Gasteiger partial charge in [0, 0.05) is 22.6 Å². The van der Waals surface area contributed by atoms with Crippen molar-refractivity contribution in [2.75, 3.05) is 13.7 Å². The number of hydrogen-bond acceptors (Lipinski definition) is 6. The van der Waals surface area contributed by atoms with Crippen molar-refractivity contribution in [3.05, 3.63) is 46.7 Å². The standard InChI is InChI=1S/C26H32O6/c1-14-7-6-9-25(2,3)16(14)8-10-26(4)20(13-27)32-24-21-15(11-18(29)22(24)26)23(30)19(31-5)12-17(21)28/h11-12,16,20,27,29H,1,6-10,13H2,2-5H3/t16?,20-,26-/m1/s1. The van der Waals surface area contributed by atoms with Gasteiger partial charge < -0.3 is 19.7 Å². The fraction of sp³-hybridized carbons (Fsp3) is 0.538. The van der Waals surface area contributed by atoms with E-state index in [1.807, 2.05) is 6.92 Å². The molecule has 1 unspecified atom stereocenters. The molecule has 1 heterocycles. The minimum atomic E-state index is -0.717. The third-order valence-electron chi connectivity index (χ3n) is 7.87. The van der Waals surface area contributed by atoms with Crippen LogP contribution in [0.15, 0.2) is 30.1 Å². The molecule has 4 rings (SSSR count). The number of Topliss-reactive ketones (excluding diaryl/α,β-unsaturated/α-hetero) is 1. The average Bonchev–Trinajstić information content (AvgIpc) is 3.02. The molecule has 2 N–H and O–H groups in total. The molecule has 0 radical (unpaired) electrons. The molecule has 1 saturated carbocycles. The van der Waals surface area contributed by atoms with Crippen LogP contribution in [0, 0.1) is 11.3 Å². The summed E-state index contributed by atoms with van der Waals surface area (Å²) in [6.07, 6.45) is 5.29. The second-order valence-electron chi connectivity index (χ2n) is 10.2. The molecule has 3 aliphatic rings. The molecular weight excluding hydrogens is 408 g/mol. The minimum Gasteiger partial charge on any atom is -0.507 e. The monoisotopic (exact) mass is 440 g/mol. The van der Waals surface area contributed by atoms with Gasteiger partial charge in [-0.25, -0.2) is 0 Å². The molecule has 0 spiro atoms. The molecule has 1 aliphatic heterocycles. The smallest absolute Gasteiger partial charge is 0.228 e. The van der Waals surface area contributed by atoms with E-state index in [0.717, 1.165) is 31.8 Å². The van der Waals surface area contributed by atoms with Crippen molar-refractivity contribution in [3.63, 3.8) is 0 Å². The molecule has 6 heteroatoms. The van der Waals surface area contributed by atoms with E-state index < -0.39 is 23.1 Å². The number of allylic oxidation sites excluding steroid dienone is 3. The van der Waals surface area contributed by atoms with Crippen molar-refractivity contribution >= 4 is 11.6 Å². The molecule has 3 atom stereocenters. The van der Waals surface area contributed by atoms with Crippen LogP contribution in [0.2, 0.25) is 0 Å². The number of aromatic hydroxyl groups is 1. The van der Waals surface area contributed by atoms with Gasteiger partial charge in [0.2, 0.25) is 5.78 Å². The van der Waals surface area contributed by atoms with E-state index in [1.165, 1.54) is 18.7 Å². The van der Waals surface area contributed by atoms with Crippen LogP contribution >= 0.6 is 0 Å². The number of rotatable bonds is 5. The first kappa shape index (κ1) is 22.6. The lowest BCUT2D eigenvalue weighted by Gasteiger charge is -2.42. The first-order chi connectivity index (χ1) is 15.0. The Hall–Kier alpha value is -2.60. The number of fused-ring (bicyclic) bond motifs is 3. The highest BCUT2D eigenvalue weighted by Crippen LogP contribution is 2.55. The summed E-state index contributed by atoms with van der Waals surface area (Å²) < 4.78 is 11.1. The largest absolute Gasteiger partial charge is 0.507 e. The summed E-state index contributed by atoms with van der Waals surface area (Å²) >= 11 is 0. The Bertz CT molecular complexity index is 1030. The van der Waals surface area contributed by atoms with E-state index >= 15 is 0 Å². The molecule has 2 aliphatic carbocycles. The van der Waals surface area contributed by atoms with Crippen molar-refractivity contribution in [1.82, 2.24) is 0 Å². The van der Waals surface area contributed by atoms with Crippen LogP contribution in [0.3, 0.4) is 0 Å². The zero-order chi connectivity index (χ0) is 23.4. The summed E-state index contributed by atoms with van der Waals surface area (Å²) in [5, 5.41) is 21.1. The number of aliphatic hydroxyl groups is 1. The number of hydrogen-bond donors (Lipinski definition) is 2. The topological polar surface area (TPSA) is 93.1 Å². The SMILES string of the molecule is C=C1CCCC(C)(C)C1CC[C@@]1(C)c2c(O)cc3c(c2O[C@@H]1CO)C(=O)C=C(OC)C3=O. The highest BCUT2D eigenvalue weighted by atomic mass is 16.5. The van der Waals surface area contributed by atoms with Gasteiger partial charge in [-0.05, 0) is 49.5 Å². The van der Waals surface area contributed by atoms with Crippen LogP contribution in [0.5, 0.6) is 11.5 Å². The van der Waals surface area contributed by atoms with Crippen molar-refractivity contribution < 1.29 is 29.3 Å². The summed E-state index contributed by atoms with van der Waals surface area (Å²) in [7, 11) is 1.32. The number of phenolic OH excluding ortho intramolecular Hbond substituents is 1. The Kier molecular flexibility index (Phi) is 5.48. The Morgan fingerprint density at radius 2 is 2.00 bits per heavy atom. The Labute approximate surface area is 188 Å². The number of ketones is 2. The highest BCUT2D eigenvalue weighted by Gasteiger charge is 2.50. The van der Waals surface area contributed by atoms with Gasteiger partial charge >= 0.3 is 0 Å². The Morgan fingerprint density at radius 3 is 2.62 bits per heavy atom. The number of methoxy groups -OCH3 is 1. The molecular formula is C26H32O6. The van der Waals surface area contributed by atoms with Crippen LogP contribution in [0.4, 0.5) is 0 Å². The number of phenols is 1. The quantitative estimate of drug-likeness (QED) is 0.656. The predicted octanol–water partition coefficient (Wildman–Crippen LogP) is 4.48. The third kappa shape index (κ3) is 3.27. The molecule has 0 bridgehead atoms. The van der Waals surface area contributed by atoms with E-state index in [-0.39, 0.29) is 40.4 Å². The van der Waals surface area contributed by atoms with Gasteiger partial charge in [0.05, 0.1) is 19.3 Å². The van der Waals surface area contributed by atoms with Gasteiger partial charge in [0.25, 0.3) is 0 Å². The molecule has 1 aromatic rings. The van der Waals surface area contributed by atoms with E-state index in [4.69, 9.17) is 9.47 Å². The van der Waals surface area contributed by atoms with E-state index in [9.17, 15) is 19.8 Å².